The number of carbonyl (C=O) groups is 2. The summed E-state index contributed by atoms with van der Waals surface area (Å²) in [6.45, 7) is 7.20. The molecule has 0 bridgehead atoms. The first kappa shape index (κ1) is 30.2. The van der Waals surface area contributed by atoms with E-state index in [0.717, 1.165) is 36.1 Å². The number of rotatable bonds is 7. The predicted octanol–water partition coefficient (Wildman–Crippen LogP) is 8.43. The molecule has 43 heavy (non-hydrogen) atoms. The SMILES string of the molecule is COC(=O)c1ccc2c(Oc3ccc(NC4CN(C(=O)OC(C)(C)C)C4)cc3)c(-c3ccc(F)cc3C(C)(F)F)sc2c1. The lowest BCUT2D eigenvalue weighted by Gasteiger charge is -2.40. The van der Waals surface area contributed by atoms with Crippen molar-refractivity contribution in [3.05, 3.63) is 77.6 Å². The lowest BCUT2D eigenvalue weighted by Crippen LogP contribution is -2.57. The Hall–Kier alpha value is -4.25. The van der Waals surface area contributed by atoms with Crippen LogP contribution in [-0.4, -0.2) is 48.8 Å². The molecule has 0 radical (unpaired) electrons. The van der Waals surface area contributed by atoms with Crippen LogP contribution in [0.5, 0.6) is 11.5 Å². The highest BCUT2D eigenvalue weighted by molar-refractivity contribution is 7.22. The molecule has 2 heterocycles. The Morgan fingerprint density at radius 1 is 0.977 bits per heavy atom. The van der Waals surface area contributed by atoms with Crippen LogP contribution in [0, 0.1) is 5.82 Å². The van der Waals surface area contributed by atoms with Gasteiger partial charge in [-0.15, -0.1) is 11.3 Å². The number of esters is 1. The Bertz CT molecular complexity index is 1670. The normalized spacial score (nSPS) is 13.9. The Kier molecular flexibility index (Phi) is 8.04. The summed E-state index contributed by atoms with van der Waals surface area (Å²) in [5.74, 6) is -3.89. The maximum Gasteiger partial charge on any atom is 0.410 e. The van der Waals surface area contributed by atoms with E-state index in [2.05, 4.69) is 5.32 Å². The first-order valence-electron chi connectivity index (χ1n) is 13.6. The third kappa shape index (κ3) is 6.72. The van der Waals surface area contributed by atoms with Crippen molar-refractivity contribution in [1.82, 2.24) is 4.90 Å². The highest BCUT2D eigenvalue weighted by atomic mass is 32.1. The minimum atomic E-state index is -3.32. The number of benzene rings is 3. The van der Waals surface area contributed by atoms with Gasteiger partial charge < -0.3 is 24.4 Å². The zero-order valence-corrected chi connectivity index (χ0v) is 25.1. The molecular weight excluding hydrogens is 581 g/mol. The van der Waals surface area contributed by atoms with E-state index in [1.54, 1.807) is 35.2 Å². The van der Waals surface area contributed by atoms with Crippen molar-refractivity contribution in [1.29, 1.82) is 0 Å². The molecule has 0 saturated carbocycles. The highest BCUT2D eigenvalue weighted by Gasteiger charge is 2.34. The molecule has 5 rings (SSSR count). The summed E-state index contributed by atoms with van der Waals surface area (Å²) in [4.78, 5) is 26.3. The molecule has 0 unspecified atom stereocenters. The van der Waals surface area contributed by atoms with Gasteiger partial charge >= 0.3 is 12.1 Å². The topological polar surface area (TPSA) is 77.1 Å². The highest BCUT2D eigenvalue weighted by Crippen LogP contribution is 2.49. The third-order valence-electron chi connectivity index (χ3n) is 6.74. The third-order valence-corrected chi connectivity index (χ3v) is 7.91. The molecule has 0 atom stereocenters. The maximum absolute atomic E-state index is 14.6. The molecule has 1 aliphatic rings. The standard InChI is InChI=1S/C32H31F3N2O5S/c1-31(2,3)42-30(39)37-16-21(17-37)36-20-8-10-22(11-9-20)41-27-24-12-6-18(29(38)40-5)14-26(24)43-28(27)23-13-7-19(33)15-25(23)32(4,34)35/h6-15,21,36H,16-17H2,1-5H3. The second-order valence-corrected chi connectivity index (χ2v) is 12.4. The van der Waals surface area contributed by atoms with Crippen LogP contribution in [-0.2, 0) is 15.4 Å². The quantitative estimate of drug-likeness (QED) is 0.211. The molecule has 226 valence electrons. The van der Waals surface area contributed by atoms with Gasteiger partial charge in [0.25, 0.3) is 5.92 Å². The Balaban J connectivity index is 1.41. The van der Waals surface area contributed by atoms with Crippen molar-refractivity contribution in [3.63, 3.8) is 0 Å². The smallest absolute Gasteiger partial charge is 0.410 e. The van der Waals surface area contributed by atoms with Crippen molar-refractivity contribution < 1.29 is 37.0 Å². The largest absolute Gasteiger partial charge is 0.465 e. The van der Waals surface area contributed by atoms with Crippen molar-refractivity contribution in [2.75, 3.05) is 25.5 Å². The minimum absolute atomic E-state index is 0.0586. The number of carbonyl (C=O) groups excluding carboxylic acids is 2. The molecule has 0 spiro atoms. The molecule has 1 N–H and O–H groups in total. The number of nitrogens with one attached hydrogen (secondary N) is 1. The van der Waals surface area contributed by atoms with E-state index in [9.17, 15) is 22.8 Å². The number of thiophene rings is 1. The number of hydrogen-bond acceptors (Lipinski definition) is 7. The van der Waals surface area contributed by atoms with E-state index in [0.29, 0.717) is 45.1 Å². The number of hydrogen-bond donors (Lipinski definition) is 1. The summed E-state index contributed by atoms with van der Waals surface area (Å²) >= 11 is 1.16. The molecule has 1 saturated heterocycles. The number of alkyl halides is 2. The number of likely N-dealkylation sites (tertiary alicyclic amines) is 1. The average molecular weight is 613 g/mol. The molecule has 7 nitrogen and oxygen atoms in total. The molecule has 3 aromatic carbocycles. The number of nitrogens with zero attached hydrogens (tertiary/aromatic N) is 1. The van der Waals surface area contributed by atoms with Crippen LogP contribution in [0.25, 0.3) is 20.5 Å². The molecule has 1 aromatic heterocycles. The van der Waals surface area contributed by atoms with Gasteiger partial charge in [-0.3, -0.25) is 0 Å². The number of amides is 1. The van der Waals surface area contributed by atoms with Crippen LogP contribution >= 0.6 is 11.3 Å². The molecule has 11 heteroatoms. The summed E-state index contributed by atoms with van der Waals surface area (Å²) in [6, 6.07) is 15.3. The fourth-order valence-corrected chi connectivity index (χ4v) is 5.90. The second kappa shape index (κ2) is 11.4. The van der Waals surface area contributed by atoms with Crippen LogP contribution in [0.3, 0.4) is 0 Å². The van der Waals surface area contributed by atoms with Crippen LogP contribution in [0.15, 0.2) is 60.7 Å². The average Bonchev–Trinajstić information content (AvgIpc) is 3.26. The summed E-state index contributed by atoms with van der Waals surface area (Å²) < 4.78 is 60.5. The summed E-state index contributed by atoms with van der Waals surface area (Å²) in [6.07, 6.45) is -0.350. The van der Waals surface area contributed by atoms with Crippen molar-refractivity contribution in [3.8, 4) is 21.9 Å². The number of fused-ring (bicyclic) bond motifs is 1. The first-order chi connectivity index (χ1) is 20.2. The fourth-order valence-electron chi connectivity index (χ4n) is 4.69. The van der Waals surface area contributed by atoms with Gasteiger partial charge in [-0.25, -0.2) is 22.8 Å². The molecule has 1 fully saturated rings. The molecular formula is C32H31F3N2O5S. The monoisotopic (exact) mass is 612 g/mol. The Morgan fingerprint density at radius 2 is 1.67 bits per heavy atom. The van der Waals surface area contributed by atoms with Crippen LogP contribution in [0.4, 0.5) is 23.7 Å². The Labute approximate surface area is 251 Å². The van der Waals surface area contributed by atoms with Crippen LogP contribution < -0.4 is 10.1 Å². The molecule has 1 amide bonds. The first-order valence-corrected chi connectivity index (χ1v) is 14.4. The van der Waals surface area contributed by atoms with E-state index >= 15 is 0 Å². The van der Waals surface area contributed by atoms with Gasteiger partial charge in [-0.1, -0.05) is 6.07 Å². The van der Waals surface area contributed by atoms with Crippen molar-refractivity contribution in [2.24, 2.45) is 0 Å². The summed E-state index contributed by atoms with van der Waals surface area (Å²) in [5.41, 5.74) is 0.204. The van der Waals surface area contributed by atoms with E-state index in [1.807, 2.05) is 32.9 Å². The maximum atomic E-state index is 14.6. The van der Waals surface area contributed by atoms with Crippen molar-refractivity contribution >= 4 is 39.2 Å². The molecule has 0 aliphatic carbocycles. The van der Waals surface area contributed by atoms with E-state index < -0.39 is 28.9 Å². The molecule has 1 aliphatic heterocycles. The van der Waals surface area contributed by atoms with Gasteiger partial charge in [0, 0.05) is 46.9 Å². The number of ether oxygens (including phenoxy) is 3. The van der Waals surface area contributed by atoms with Crippen LogP contribution in [0.1, 0.15) is 43.6 Å². The fraction of sp³-hybridized carbons (Fsp3) is 0.312. The number of halogens is 3. The lowest BCUT2D eigenvalue weighted by atomic mass is 10.00. The zero-order valence-electron chi connectivity index (χ0n) is 24.3. The summed E-state index contributed by atoms with van der Waals surface area (Å²) in [5, 5.41) is 3.96. The zero-order chi connectivity index (χ0) is 31.1. The number of anilines is 1. The van der Waals surface area contributed by atoms with E-state index in [-0.39, 0.29) is 17.7 Å². The summed E-state index contributed by atoms with van der Waals surface area (Å²) in [7, 11) is 1.27. The number of methoxy groups -OCH3 is 1. The van der Waals surface area contributed by atoms with Gasteiger partial charge in [0.05, 0.1) is 23.6 Å². The van der Waals surface area contributed by atoms with E-state index in [1.165, 1.54) is 13.2 Å². The van der Waals surface area contributed by atoms with E-state index in [4.69, 9.17) is 14.2 Å². The van der Waals surface area contributed by atoms with Gasteiger partial charge in [0.15, 0.2) is 5.75 Å². The van der Waals surface area contributed by atoms with Gasteiger partial charge in [0.1, 0.15) is 17.2 Å². The lowest BCUT2D eigenvalue weighted by molar-refractivity contribution is 0.0104. The second-order valence-electron chi connectivity index (χ2n) is 11.4. The van der Waals surface area contributed by atoms with Gasteiger partial charge in [0.2, 0.25) is 0 Å². The minimum Gasteiger partial charge on any atom is -0.465 e. The van der Waals surface area contributed by atoms with Gasteiger partial charge in [-0.05, 0) is 75.4 Å². The van der Waals surface area contributed by atoms with Crippen LogP contribution in [0.2, 0.25) is 0 Å². The molecule has 4 aromatic rings. The van der Waals surface area contributed by atoms with Crippen molar-refractivity contribution in [2.45, 2.75) is 45.3 Å². The van der Waals surface area contributed by atoms with Gasteiger partial charge in [-0.2, -0.15) is 0 Å². The Morgan fingerprint density at radius 3 is 2.30 bits per heavy atom. The predicted molar refractivity (Wildman–Crippen MR) is 160 cm³/mol.